The summed E-state index contributed by atoms with van der Waals surface area (Å²) in [5.74, 6) is 0.407. The van der Waals surface area contributed by atoms with Crippen LogP contribution in [-0.4, -0.2) is 27.7 Å². The Kier molecular flexibility index (Phi) is 6.91. The molecule has 194 valence electrons. The zero-order valence-corrected chi connectivity index (χ0v) is 23.0. The zero-order valence-electron chi connectivity index (χ0n) is 22.1. The highest BCUT2D eigenvalue weighted by Crippen LogP contribution is 2.45. The molecular formula is C30H31N5O2S. The number of para-hydroxylation sites is 1. The molecular weight excluding hydrogens is 494 g/mol. The maximum atomic E-state index is 11.9. The van der Waals surface area contributed by atoms with E-state index in [2.05, 4.69) is 76.2 Å². The van der Waals surface area contributed by atoms with Gasteiger partial charge < -0.3 is 24.8 Å². The summed E-state index contributed by atoms with van der Waals surface area (Å²) in [6.45, 7) is 7.89. The standard InChI is InChI=1S/C30H31N5O2S/c1-18-10-6-7-12-26(18)34-19(2)16-23(20(34)3)29-28(24-11-8-9-15-31-24)33-30(38)35(29)22-13-14-27(37-5)25(17-22)32-21(4)36/h6-17,28-29H,1-5H3,(H,32,36)(H,33,38)/t28-,29-/m1/s1. The fourth-order valence-electron chi connectivity index (χ4n) is 5.35. The highest BCUT2D eigenvalue weighted by atomic mass is 32.1. The van der Waals surface area contributed by atoms with E-state index in [0.29, 0.717) is 16.5 Å². The lowest BCUT2D eigenvalue weighted by Crippen LogP contribution is -2.29. The van der Waals surface area contributed by atoms with Crippen LogP contribution in [0.3, 0.4) is 0 Å². The third kappa shape index (κ3) is 4.52. The van der Waals surface area contributed by atoms with E-state index in [-0.39, 0.29) is 18.0 Å². The lowest BCUT2D eigenvalue weighted by Gasteiger charge is -2.29. The van der Waals surface area contributed by atoms with Crippen molar-refractivity contribution in [3.63, 3.8) is 0 Å². The summed E-state index contributed by atoms with van der Waals surface area (Å²) in [5, 5.41) is 7.00. The molecule has 0 radical (unpaired) electrons. The third-order valence-electron chi connectivity index (χ3n) is 7.02. The summed E-state index contributed by atoms with van der Waals surface area (Å²) in [7, 11) is 1.59. The quantitative estimate of drug-likeness (QED) is 0.304. The predicted octanol–water partition coefficient (Wildman–Crippen LogP) is 5.94. The van der Waals surface area contributed by atoms with Crippen LogP contribution in [-0.2, 0) is 4.79 Å². The number of carbonyl (C=O) groups excluding carboxylic acids is 1. The van der Waals surface area contributed by atoms with Gasteiger partial charge in [-0.25, -0.2) is 0 Å². The van der Waals surface area contributed by atoms with Crippen LogP contribution in [0.25, 0.3) is 5.69 Å². The molecule has 2 N–H and O–H groups in total. The van der Waals surface area contributed by atoms with Crippen LogP contribution in [0.15, 0.2) is 72.9 Å². The van der Waals surface area contributed by atoms with Gasteiger partial charge in [-0.1, -0.05) is 24.3 Å². The highest BCUT2D eigenvalue weighted by molar-refractivity contribution is 7.80. The Morgan fingerprint density at radius 1 is 1.05 bits per heavy atom. The maximum Gasteiger partial charge on any atom is 0.221 e. The van der Waals surface area contributed by atoms with Crippen molar-refractivity contribution in [2.75, 3.05) is 17.3 Å². The van der Waals surface area contributed by atoms with Crippen LogP contribution in [0.1, 0.15) is 47.2 Å². The average molecular weight is 526 g/mol. The topological polar surface area (TPSA) is 71.4 Å². The largest absolute Gasteiger partial charge is 0.495 e. The summed E-state index contributed by atoms with van der Waals surface area (Å²) in [6, 6.07) is 21.9. The average Bonchev–Trinajstić information content (AvgIpc) is 3.39. The molecule has 1 amide bonds. The minimum absolute atomic E-state index is 0.174. The van der Waals surface area contributed by atoms with Crippen LogP contribution in [0, 0.1) is 20.8 Å². The van der Waals surface area contributed by atoms with Gasteiger partial charge in [0.15, 0.2) is 5.11 Å². The van der Waals surface area contributed by atoms with Gasteiger partial charge in [0.1, 0.15) is 5.75 Å². The molecule has 0 saturated carbocycles. The van der Waals surface area contributed by atoms with E-state index in [1.165, 1.54) is 12.5 Å². The summed E-state index contributed by atoms with van der Waals surface area (Å²) in [5.41, 5.74) is 8.11. The van der Waals surface area contributed by atoms with E-state index in [1.807, 2.05) is 36.4 Å². The number of benzene rings is 2. The minimum Gasteiger partial charge on any atom is -0.495 e. The Balaban J connectivity index is 1.69. The second-order valence-corrected chi connectivity index (χ2v) is 9.90. The number of hydrogen-bond donors (Lipinski definition) is 2. The maximum absolute atomic E-state index is 11.9. The van der Waals surface area contributed by atoms with Crippen molar-refractivity contribution in [1.29, 1.82) is 0 Å². The van der Waals surface area contributed by atoms with Gasteiger partial charge in [0, 0.05) is 35.9 Å². The molecule has 5 rings (SSSR count). The summed E-state index contributed by atoms with van der Waals surface area (Å²) in [6.07, 6.45) is 1.80. The number of carbonyl (C=O) groups is 1. The summed E-state index contributed by atoms with van der Waals surface area (Å²) < 4.78 is 7.80. The number of hydrogen-bond acceptors (Lipinski definition) is 4. The Bertz CT molecular complexity index is 1510. The predicted molar refractivity (Wildman–Crippen MR) is 155 cm³/mol. The van der Waals surface area contributed by atoms with Crippen molar-refractivity contribution in [3.8, 4) is 11.4 Å². The monoisotopic (exact) mass is 525 g/mol. The highest BCUT2D eigenvalue weighted by Gasteiger charge is 2.42. The number of nitrogens with zero attached hydrogens (tertiary/aromatic N) is 3. The first-order valence-electron chi connectivity index (χ1n) is 12.5. The molecule has 1 fully saturated rings. The Morgan fingerprint density at radius 2 is 1.82 bits per heavy atom. The molecule has 1 aliphatic rings. The molecule has 7 nitrogen and oxygen atoms in total. The van der Waals surface area contributed by atoms with Gasteiger partial charge in [0.05, 0.1) is 30.6 Å². The lowest BCUT2D eigenvalue weighted by atomic mass is 9.96. The number of thiocarbonyl (C=S) groups is 1. The Labute approximate surface area is 228 Å². The number of pyridine rings is 1. The van der Waals surface area contributed by atoms with Crippen molar-refractivity contribution in [1.82, 2.24) is 14.9 Å². The van der Waals surface area contributed by atoms with Gasteiger partial charge in [-0.15, -0.1) is 0 Å². The zero-order chi connectivity index (χ0) is 27.0. The number of aryl methyl sites for hydroxylation is 2. The number of aromatic nitrogens is 2. The molecule has 2 atom stereocenters. The first kappa shape index (κ1) is 25.5. The van der Waals surface area contributed by atoms with Crippen LogP contribution < -0.4 is 20.3 Å². The number of anilines is 2. The first-order valence-corrected chi connectivity index (χ1v) is 12.9. The molecule has 4 aromatic rings. The van der Waals surface area contributed by atoms with Gasteiger partial charge in [-0.2, -0.15) is 0 Å². The van der Waals surface area contributed by atoms with E-state index in [4.69, 9.17) is 17.0 Å². The molecule has 8 heteroatoms. The fourth-order valence-corrected chi connectivity index (χ4v) is 5.70. The molecule has 38 heavy (non-hydrogen) atoms. The molecule has 0 spiro atoms. The van der Waals surface area contributed by atoms with E-state index in [9.17, 15) is 4.79 Å². The van der Waals surface area contributed by atoms with Crippen molar-refractivity contribution >= 4 is 34.6 Å². The van der Waals surface area contributed by atoms with Gasteiger partial charge in [-0.3, -0.25) is 9.78 Å². The fraction of sp³-hybridized carbons (Fsp3) is 0.233. The second kappa shape index (κ2) is 10.3. The smallest absolute Gasteiger partial charge is 0.221 e. The summed E-state index contributed by atoms with van der Waals surface area (Å²) in [4.78, 5) is 18.7. The molecule has 0 aliphatic carbocycles. The lowest BCUT2D eigenvalue weighted by molar-refractivity contribution is -0.114. The first-order chi connectivity index (χ1) is 18.3. The molecule has 2 aromatic heterocycles. The molecule has 2 aromatic carbocycles. The molecule has 1 aliphatic heterocycles. The van der Waals surface area contributed by atoms with Gasteiger partial charge in [-0.05, 0) is 86.6 Å². The van der Waals surface area contributed by atoms with Crippen LogP contribution >= 0.6 is 12.2 Å². The molecule has 0 unspecified atom stereocenters. The van der Waals surface area contributed by atoms with Crippen molar-refractivity contribution in [2.45, 2.75) is 39.8 Å². The Hall–Kier alpha value is -4.17. The van der Waals surface area contributed by atoms with Crippen LogP contribution in [0.5, 0.6) is 5.75 Å². The number of rotatable bonds is 6. The normalized spacial score (nSPS) is 16.9. The van der Waals surface area contributed by atoms with Gasteiger partial charge in [0.25, 0.3) is 0 Å². The SMILES string of the molecule is COc1ccc(N2C(=S)N[C@H](c3ccccn3)[C@H]2c2cc(C)n(-c3ccccc3C)c2C)cc1NC(C)=O. The Morgan fingerprint density at radius 3 is 2.50 bits per heavy atom. The number of ether oxygens (including phenoxy) is 1. The molecule has 3 heterocycles. The van der Waals surface area contributed by atoms with E-state index in [0.717, 1.165) is 34.0 Å². The van der Waals surface area contributed by atoms with Gasteiger partial charge in [0.2, 0.25) is 5.91 Å². The minimum atomic E-state index is -0.181. The second-order valence-electron chi connectivity index (χ2n) is 9.51. The van der Waals surface area contributed by atoms with Crippen LogP contribution in [0.4, 0.5) is 11.4 Å². The number of amides is 1. The number of methoxy groups -OCH3 is 1. The van der Waals surface area contributed by atoms with Crippen molar-refractivity contribution in [3.05, 3.63) is 101 Å². The van der Waals surface area contributed by atoms with E-state index in [1.54, 1.807) is 13.3 Å². The van der Waals surface area contributed by atoms with Gasteiger partial charge >= 0.3 is 0 Å². The number of nitrogens with one attached hydrogen (secondary N) is 2. The third-order valence-corrected chi connectivity index (χ3v) is 7.33. The molecule has 0 bridgehead atoms. The van der Waals surface area contributed by atoms with E-state index < -0.39 is 0 Å². The van der Waals surface area contributed by atoms with Crippen molar-refractivity contribution < 1.29 is 9.53 Å². The van der Waals surface area contributed by atoms with E-state index >= 15 is 0 Å². The van der Waals surface area contributed by atoms with Crippen LogP contribution in [0.2, 0.25) is 0 Å². The van der Waals surface area contributed by atoms with Crippen molar-refractivity contribution in [2.24, 2.45) is 0 Å². The summed E-state index contributed by atoms with van der Waals surface area (Å²) >= 11 is 5.93. The molecule has 1 saturated heterocycles.